The summed E-state index contributed by atoms with van der Waals surface area (Å²) in [6.07, 6.45) is 2.62. The van der Waals surface area contributed by atoms with Crippen molar-refractivity contribution in [3.8, 4) is 5.75 Å². The molecule has 0 bridgehead atoms. The lowest BCUT2D eigenvalue weighted by atomic mass is 9.89. The third-order valence-corrected chi connectivity index (χ3v) is 4.98. The molecule has 0 aromatic heterocycles. The van der Waals surface area contributed by atoms with Crippen molar-refractivity contribution in [1.82, 2.24) is 10.2 Å². The molecule has 3 heteroatoms. The Morgan fingerprint density at radius 2 is 1.90 bits per heavy atom. The third kappa shape index (κ3) is 3.78. The zero-order valence-electron chi connectivity index (χ0n) is 14.1. The molecule has 0 aliphatic carbocycles. The van der Waals surface area contributed by atoms with Crippen LogP contribution in [0.25, 0.3) is 0 Å². The van der Waals surface area contributed by atoms with E-state index in [1.165, 1.54) is 24.9 Å². The molecular formula is C18H30N2O. The highest BCUT2D eigenvalue weighted by Gasteiger charge is 2.30. The molecule has 4 unspecified atom stereocenters. The van der Waals surface area contributed by atoms with Gasteiger partial charge in [-0.3, -0.25) is 4.90 Å². The van der Waals surface area contributed by atoms with Crippen molar-refractivity contribution >= 4 is 0 Å². The topological polar surface area (TPSA) is 24.5 Å². The van der Waals surface area contributed by atoms with Gasteiger partial charge in [-0.2, -0.15) is 0 Å². The minimum Gasteiger partial charge on any atom is -0.497 e. The Balaban J connectivity index is 2.11. The third-order valence-electron chi connectivity index (χ3n) is 4.98. The standard InChI is InChI=1S/C18H30N2O/c1-13-10-11-20(14(2)12-13)15(3)18(19-4)16-6-8-17(21-5)9-7-16/h6-9,13-15,18-19H,10-12H2,1-5H3. The molecule has 118 valence electrons. The summed E-state index contributed by atoms with van der Waals surface area (Å²) in [5.74, 6) is 1.78. The predicted molar refractivity (Wildman–Crippen MR) is 88.8 cm³/mol. The maximum absolute atomic E-state index is 5.26. The lowest BCUT2D eigenvalue weighted by Gasteiger charge is -2.43. The molecule has 1 fully saturated rings. The molecule has 1 aromatic carbocycles. The number of ether oxygens (including phenoxy) is 1. The minimum absolute atomic E-state index is 0.353. The highest BCUT2D eigenvalue weighted by Crippen LogP contribution is 2.29. The number of nitrogens with one attached hydrogen (secondary N) is 1. The van der Waals surface area contributed by atoms with Crippen molar-refractivity contribution < 1.29 is 4.74 Å². The van der Waals surface area contributed by atoms with E-state index in [2.05, 4.69) is 50.2 Å². The summed E-state index contributed by atoms with van der Waals surface area (Å²) >= 11 is 0. The van der Waals surface area contributed by atoms with Crippen molar-refractivity contribution in [1.29, 1.82) is 0 Å². The van der Waals surface area contributed by atoms with Crippen LogP contribution in [-0.4, -0.2) is 37.7 Å². The highest BCUT2D eigenvalue weighted by atomic mass is 16.5. The second-order valence-electron chi connectivity index (χ2n) is 6.50. The number of methoxy groups -OCH3 is 1. The van der Waals surface area contributed by atoms with Crippen LogP contribution in [0.3, 0.4) is 0 Å². The SMILES string of the molecule is CNC(c1ccc(OC)cc1)C(C)N1CCC(C)CC1C. The Morgan fingerprint density at radius 3 is 2.43 bits per heavy atom. The van der Waals surface area contributed by atoms with E-state index in [0.29, 0.717) is 18.1 Å². The van der Waals surface area contributed by atoms with Gasteiger partial charge < -0.3 is 10.1 Å². The van der Waals surface area contributed by atoms with E-state index in [9.17, 15) is 0 Å². The molecule has 1 aliphatic heterocycles. The monoisotopic (exact) mass is 290 g/mol. The van der Waals surface area contributed by atoms with Crippen LogP contribution < -0.4 is 10.1 Å². The van der Waals surface area contributed by atoms with Crippen molar-refractivity contribution in [2.75, 3.05) is 20.7 Å². The molecule has 4 atom stereocenters. The lowest BCUT2D eigenvalue weighted by Crippen LogP contribution is -2.50. The summed E-state index contributed by atoms with van der Waals surface area (Å²) in [5, 5.41) is 3.50. The molecule has 0 spiro atoms. The maximum atomic E-state index is 5.26. The molecule has 1 N–H and O–H groups in total. The molecule has 1 heterocycles. The first-order chi connectivity index (χ1) is 10.1. The number of nitrogens with zero attached hydrogens (tertiary/aromatic N) is 1. The average molecular weight is 290 g/mol. The van der Waals surface area contributed by atoms with Crippen LogP contribution in [0.15, 0.2) is 24.3 Å². The van der Waals surface area contributed by atoms with Crippen molar-refractivity contribution in [3.63, 3.8) is 0 Å². The van der Waals surface area contributed by atoms with Gasteiger partial charge in [-0.25, -0.2) is 0 Å². The van der Waals surface area contributed by atoms with Crippen molar-refractivity contribution in [2.24, 2.45) is 5.92 Å². The summed E-state index contributed by atoms with van der Waals surface area (Å²) in [4.78, 5) is 2.66. The Bertz CT molecular complexity index is 431. The molecule has 0 saturated carbocycles. The maximum Gasteiger partial charge on any atom is 0.118 e. The van der Waals surface area contributed by atoms with E-state index in [-0.39, 0.29) is 0 Å². The van der Waals surface area contributed by atoms with Gasteiger partial charge in [-0.05, 0) is 63.9 Å². The van der Waals surface area contributed by atoms with Crippen LogP contribution in [-0.2, 0) is 0 Å². The molecular weight excluding hydrogens is 260 g/mol. The van der Waals surface area contributed by atoms with E-state index in [4.69, 9.17) is 4.74 Å². The van der Waals surface area contributed by atoms with E-state index >= 15 is 0 Å². The van der Waals surface area contributed by atoms with Gasteiger partial charge in [0, 0.05) is 18.1 Å². The summed E-state index contributed by atoms with van der Waals surface area (Å²) < 4.78 is 5.26. The highest BCUT2D eigenvalue weighted by molar-refractivity contribution is 5.29. The van der Waals surface area contributed by atoms with Gasteiger partial charge >= 0.3 is 0 Å². The average Bonchev–Trinajstić information content (AvgIpc) is 2.48. The lowest BCUT2D eigenvalue weighted by molar-refractivity contribution is 0.0714. The van der Waals surface area contributed by atoms with Gasteiger partial charge in [0.2, 0.25) is 0 Å². The Morgan fingerprint density at radius 1 is 1.24 bits per heavy atom. The number of hydrogen-bond acceptors (Lipinski definition) is 3. The molecule has 3 nitrogen and oxygen atoms in total. The first-order valence-electron chi connectivity index (χ1n) is 8.13. The second kappa shape index (κ2) is 7.28. The van der Waals surface area contributed by atoms with Crippen LogP contribution in [0.5, 0.6) is 5.75 Å². The summed E-state index contributed by atoms with van der Waals surface area (Å²) in [6.45, 7) is 8.29. The van der Waals surface area contributed by atoms with E-state index in [1.54, 1.807) is 7.11 Å². The van der Waals surface area contributed by atoms with E-state index in [0.717, 1.165) is 11.7 Å². The van der Waals surface area contributed by atoms with Crippen LogP contribution in [0, 0.1) is 5.92 Å². The first-order valence-corrected chi connectivity index (χ1v) is 8.13. The fourth-order valence-electron chi connectivity index (χ4n) is 3.72. The predicted octanol–water partition coefficient (Wildman–Crippen LogP) is 3.46. The fraction of sp³-hybridized carbons (Fsp3) is 0.667. The van der Waals surface area contributed by atoms with Gasteiger partial charge in [0.15, 0.2) is 0 Å². The van der Waals surface area contributed by atoms with Crippen molar-refractivity contribution in [2.45, 2.75) is 51.7 Å². The number of piperidine rings is 1. The molecule has 0 radical (unpaired) electrons. The molecule has 0 amide bonds. The summed E-state index contributed by atoms with van der Waals surface area (Å²) in [6, 6.07) is 9.96. The molecule has 1 saturated heterocycles. The number of benzene rings is 1. The molecule has 2 rings (SSSR count). The van der Waals surface area contributed by atoms with Gasteiger partial charge in [-0.1, -0.05) is 19.1 Å². The smallest absolute Gasteiger partial charge is 0.118 e. The zero-order chi connectivity index (χ0) is 15.4. The van der Waals surface area contributed by atoms with Gasteiger partial charge in [0.1, 0.15) is 5.75 Å². The first kappa shape index (κ1) is 16.3. The Hall–Kier alpha value is -1.06. The van der Waals surface area contributed by atoms with Crippen LogP contribution in [0.2, 0.25) is 0 Å². The Labute approximate surface area is 129 Å². The number of hydrogen-bond donors (Lipinski definition) is 1. The molecule has 1 aliphatic rings. The number of likely N-dealkylation sites (tertiary alicyclic amines) is 1. The Kier molecular flexibility index (Phi) is 5.65. The number of rotatable bonds is 5. The van der Waals surface area contributed by atoms with Gasteiger partial charge in [0.25, 0.3) is 0 Å². The van der Waals surface area contributed by atoms with Gasteiger partial charge in [0.05, 0.1) is 7.11 Å². The fourth-order valence-corrected chi connectivity index (χ4v) is 3.72. The van der Waals surface area contributed by atoms with Crippen LogP contribution >= 0.6 is 0 Å². The minimum atomic E-state index is 0.353. The second-order valence-corrected chi connectivity index (χ2v) is 6.50. The zero-order valence-corrected chi connectivity index (χ0v) is 14.1. The van der Waals surface area contributed by atoms with Crippen LogP contribution in [0.1, 0.15) is 45.2 Å². The van der Waals surface area contributed by atoms with Crippen LogP contribution in [0.4, 0.5) is 0 Å². The largest absolute Gasteiger partial charge is 0.497 e. The van der Waals surface area contributed by atoms with E-state index in [1.807, 2.05) is 12.1 Å². The number of likely N-dealkylation sites (N-methyl/N-ethyl adjacent to an activating group) is 1. The van der Waals surface area contributed by atoms with Crippen molar-refractivity contribution in [3.05, 3.63) is 29.8 Å². The normalized spacial score (nSPS) is 26.3. The van der Waals surface area contributed by atoms with E-state index < -0.39 is 0 Å². The molecule has 1 aromatic rings. The molecule has 21 heavy (non-hydrogen) atoms. The summed E-state index contributed by atoms with van der Waals surface area (Å²) in [7, 11) is 3.77. The quantitative estimate of drug-likeness (QED) is 0.898. The van der Waals surface area contributed by atoms with Gasteiger partial charge in [-0.15, -0.1) is 0 Å². The summed E-state index contributed by atoms with van der Waals surface area (Å²) in [5.41, 5.74) is 1.33.